The highest BCUT2D eigenvalue weighted by atomic mass is 16.1. The van der Waals surface area contributed by atoms with Crippen molar-refractivity contribution in [2.45, 2.75) is 25.8 Å². The highest BCUT2D eigenvalue weighted by Gasteiger charge is 2.12. The summed E-state index contributed by atoms with van der Waals surface area (Å²) in [4.78, 5) is 10.7. The molecule has 0 saturated heterocycles. The van der Waals surface area contributed by atoms with E-state index in [1.54, 1.807) is 6.92 Å². The molecule has 1 atom stereocenters. The van der Waals surface area contributed by atoms with Crippen molar-refractivity contribution in [3.8, 4) is 0 Å². The fraction of sp³-hybridized carbons (Fsp3) is 0.571. The van der Waals surface area contributed by atoms with Gasteiger partial charge in [0, 0.05) is 0 Å². The third-order valence-corrected chi connectivity index (χ3v) is 1.53. The predicted octanol–water partition coefficient (Wildman–Crippen LogP) is 0.841. The topological polar surface area (TPSA) is 29.1 Å². The number of Topliss-reactive ketones (excluding diaryl/α,β-unsaturated/α-hetero) is 1. The Labute approximate surface area is 54.9 Å². The molecule has 1 N–H and O–H groups in total. The van der Waals surface area contributed by atoms with Gasteiger partial charge in [0.25, 0.3) is 0 Å². The van der Waals surface area contributed by atoms with E-state index in [2.05, 4.69) is 5.32 Å². The van der Waals surface area contributed by atoms with Gasteiger partial charge >= 0.3 is 0 Å². The minimum atomic E-state index is 0.0787. The first kappa shape index (κ1) is 6.33. The summed E-state index contributed by atoms with van der Waals surface area (Å²) in [6.07, 6.45) is 5.87. The maximum absolute atomic E-state index is 10.7. The molecule has 1 unspecified atom stereocenters. The molecule has 2 nitrogen and oxygen atoms in total. The molecule has 0 bridgehead atoms. The maximum atomic E-state index is 10.7. The lowest BCUT2D eigenvalue weighted by Crippen LogP contribution is -2.33. The largest absolute Gasteiger partial charge is 0.381 e. The number of hydrogen-bond acceptors (Lipinski definition) is 2. The summed E-state index contributed by atoms with van der Waals surface area (Å²) in [5.74, 6) is 0.236. The molecule has 1 rings (SSSR count). The van der Waals surface area contributed by atoms with Crippen LogP contribution < -0.4 is 5.32 Å². The van der Waals surface area contributed by atoms with Crippen molar-refractivity contribution in [2.75, 3.05) is 0 Å². The molecule has 0 radical (unpaired) electrons. The lowest BCUT2D eigenvalue weighted by Gasteiger charge is -2.16. The van der Waals surface area contributed by atoms with E-state index in [1.165, 1.54) is 0 Å². The van der Waals surface area contributed by atoms with Crippen molar-refractivity contribution >= 4 is 5.78 Å². The second-order valence-corrected chi connectivity index (χ2v) is 2.31. The van der Waals surface area contributed by atoms with Crippen LogP contribution in [0.15, 0.2) is 12.3 Å². The molecule has 1 aliphatic rings. The normalized spacial score (nSPS) is 25.2. The molecule has 0 aromatic carbocycles. The quantitative estimate of drug-likeness (QED) is 0.562. The number of rotatable bonds is 1. The Morgan fingerprint density at radius 2 is 2.56 bits per heavy atom. The van der Waals surface area contributed by atoms with E-state index >= 15 is 0 Å². The fourth-order valence-electron chi connectivity index (χ4n) is 0.934. The Kier molecular flexibility index (Phi) is 1.88. The molecule has 0 fully saturated rings. The van der Waals surface area contributed by atoms with Crippen molar-refractivity contribution in [3.63, 3.8) is 0 Å². The van der Waals surface area contributed by atoms with Crippen LogP contribution in [0.1, 0.15) is 19.8 Å². The van der Waals surface area contributed by atoms with Crippen LogP contribution in [0, 0.1) is 0 Å². The zero-order chi connectivity index (χ0) is 6.69. The monoisotopic (exact) mass is 125 g/mol. The van der Waals surface area contributed by atoms with Crippen LogP contribution in [0.2, 0.25) is 0 Å². The van der Waals surface area contributed by atoms with Crippen molar-refractivity contribution in [1.82, 2.24) is 5.32 Å². The van der Waals surface area contributed by atoms with Gasteiger partial charge in [-0.25, -0.2) is 0 Å². The van der Waals surface area contributed by atoms with E-state index in [0.717, 1.165) is 12.8 Å². The van der Waals surface area contributed by atoms with Crippen LogP contribution in [0.3, 0.4) is 0 Å². The molecule has 9 heavy (non-hydrogen) atoms. The molecule has 2 heteroatoms. The highest BCUT2D eigenvalue weighted by molar-refractivity contribution is 5.81. The van der Waals surface area contributed by atoms with Gasteiger partial charge in [0.15, 0.2) is 5.78 Å². The highest BCUT2D eigenvalue weighted by Crippen LogP contribution is 2.03. The molecular formula is C7H11NO. The lowest BCUT2D eigenvalue weighted by molar-refractivity contribution is -0.118. The van der Waals surface area contributed by atoms with Gasteiger partial charge in [-0.05, 0) is 26.0 Å². The van der Waals surface area contributed by atoms with E-state index in [4.69, 9.17) is 0 Å². The first-order valence-corrected chi connectivity index (χ1v) is 3.22. The van der Waals surface area contributed by atoms with Crippen LogP contribution in [0.4, 0.5) is 0 Å². The standard InChI is InChI=1S/C7H11NO/c1-6(9)7-4-2-3-5-8-7/h3,5,7-8H,2,4H2,1H3. The average Bonchev–Trinajstić information content (AvgIpc) is 1.90. The number of ketones is 1. The minimum Gasteiger partial charge on any atom is -0.381 e. The van der Waals surface area contributed by atoms with E-state index in [9.17, 15) is 4.79 Å². The van der Waals surface area contributed by atoms with Crippen LogP contribution in [0.25, 0.3) is 0 Å². The van der Waals surface area contributed by atoms with Gasteiger partial charge in [0.05, 0.1) is 6.04 Å². The molecule has 0 spiro atoms. The number of allylic oxidation sites excluding steroid dienone is 1. The summed E-state index contributed by atoms with van der Waals surface area (Å²) in [6.45, 7) is 1.62. The smallest absolute Gasteiger partial charge is 0.151 e. The Morgan fingerprint density at radius 1 is 1.78 bits per heavy atom. The van der Waals surface area contributed by atoms with Gasteiger partial charge in [-0.15, -0.1) is 0 Å². The molecule has 1 heterocycles. The summed E-state index contributed by atoms with van der Waals surface area (Å²) in [7, 11) is 0. The number of nitrogens with one attached hydrogen (secondary N) is 1. The van der Waals surface area contributed by atoms with Gasteiger partial charge in [0.1, 0.15) is 0 Å². The van der Waals surface area contributed by atoms with E-state index in [-0.39, 0.29) is 11.8 Å². The molecule has 0 saturated carbocycles. The third kappa shape index (κ3) is 1.56. The van der Waals surface area contributed by atoms with Crippen LogP contribution in [0.5, 0.6) is 0 Å². The number of carbonyl (C=O) groups is 1. The third-order valence-electron chi connectivity index (χ3n) is 1.53. The summed E-state index contributed by atoms with van der Waals surface area (Å²) in [5, 5.41) is 2.99. The van der Waals surface area contributed by atoms with E-state index < -0.39 is 0 Å². The second-order valence-electron chi connectivity index (χ2n) is 2.31. The van der Waals surface area contributed by atoms with Gasteiger partial charge in [-0.2, -0.15) is 0 Å². The molecule has 0 aromatic heterocycles. The Balaban J connectivity index is 2.44. The molecule has 0 aromatic rings. The zero-order valence-electron chi connectivity index (χ0n) is 5.55. The maximum Gasteiger partial charge on any atom is 0.151 e. The first-order valence-electron chi connectivity index (χ1n) is 3.22. The van der Waals surface area contributed by atoms with Gasteiger partial charge in [-0.3, -0.25) is 4.79 Å². The van der Waals surface area contributed by atoms with Crippen molar-refractivity contribution in [3.05, 3.63) is 12.3 Å². The SMILES string of the molecule is CC(=O)C1CCC=CN1. The van der Waals surface area contributed by atoms with Gasteiger partial charge in [0.2, 0.25) is 0 Å². The Morgan fingerprint density at radius 3 is 2.89 bits per heavy atom. The van der Waals surface area contributed by atoms with E-state index in [1.807, 2.05) is 12.3 Å². The van der Waals surface area contributed by atoms with Crippen LogP contribution in [-0.2, 0) is 4.79 Å². The van der Waals surface area contributed by atoms with Gasteiger partial charge < -0.3 is 5.32 Å². The van der Waals surface area contributed by atoms with Crippen LogP contribution in [-0.4, -0.2) is 11.8 Å². The summed E-state index contributed by atoms with van der Waals surface area (Å²) in [5.41, 5.74) is 0. The van der Waals surface area contributed by atoms with Crippen molar-refractivity contribution < 1.29 is 4.79 Å². The Hall–Kier alpha value is -0.790. The molecule has 0 amide bonds. The molecular weight excluding hydrogens is 114 g/mol. The van der Waals surface area contributed by atoms with E-state index in [0.29, 0.717) is 0 Å². The van der Waals surface area contributed by atoms with Crippen LogP contribution >= 0.6 is 0 Å². The summed E-state index contributed by atoms with van der Waals surface area (Å²) in [6, 6.07) is 0.0787. The molecule has 0 aliphatic carbocycles. The second kappa shape index (κ2) is 2.67. The minimum absolute atomic E-state index is 0.0787. The first-order chi connectivity index (χ1) is 4.30. The lowest BCUT2D eigenvalue weighted by atomic mass is 10.1. The fourth-order valence-corrected chi connectivity index (χ4v) is 0.934. The zero-order valence-corrected chi connectivity index (χ0v) is 5.55. The molecule has 50 valence electrons. The van der Waals surface area contributed by atoms with Gasteiger partial charge in [-0.1, -0.05) is 6.08 Å². The summed E-state index contributed by atoms with van der Waals surface area (Å²) >= 11 is 0. The molecule has 1 aliphatic heterocycles. The predicted molar refractivity (Wildman–Crippen MR) is 36.0 cm³/mol. The van der Waals surface area contributed by atoms with Crippen molar-refractivity contribution in [1.29, 1.82) is 0 Å². The Bertz CT molecular complexity index is 140. The number of carbonyl (C=O) groups excluding carboxylic acids is 1. The van der Waals surface area contributed by atoms with Crippen molar-refractivity contribution in [2.24, 2.45) is 0 Å². The average molecular weight is 125 g/mol. The number of hydrogen-bond donors (Lipinski definition) is 1. The summed E-state index contributed by atoms with van der Waals surface area (Å²) < 4.78 is 0.